The summed E-state index contributed by atoms with van der Waals surface area (Å²) in [7, 11) is 0. The van der Waals surface area contributed by atoms with Gasteiger partial charge in [0.1, 0.15) is 0 Å². The summed E-state index contributed by atoms with van der Waals surface area (Å²) in [5, 5.41) is 18.0. The molecule has 0 bridgehead atoms. The van der Waals surface area contributed by atoms with E-state index in [0.717, 1.165) is 12.8 Å². The lowest BCUT2D eigenvalue weighted by Gasteiger charge is -2.09. The third-order valence-electron chi connectivity index (χ3n) is 2.50. The molecule has 0 heterocycles. The summed E-state index contributed by atoms with van der Waals surface area (Å²) in [5.74, 6) is 0.00222. The minimum atomic E-state index is -1.17. The number of fused-ring (bicyclic) bond motifs is 1. The Morgan fingerprint density at radius 3 is 2.00 bits per heavy atom. The maximum absolute atomic E-state index is 8.98. The Morgan fingerprint density at radius 1 is 1.08 bits per heavy atom. The predicted octanol–water partition coefficient (Wildman–Crippen LogP) is 0.712. The van der Waals surface area contributed by atoms with E-state index in [2.05, 4.69) is 12.1 Å². The van der Waals surface area contributed by atoms with Crippen LogP contribution in [0.4, 0.5) is 0 Å². The summed E-state index contributed by atoms with van der Waals surface area (Å²) >= 11 is 0. The summed E-state index contributed by atoms with van der Waals surface area (Å²) in [6.07, 6.45) is 0.430. The summed E-state index contributed by atoms with van der Waals surface area (Å²) in [4.78, 5) is 0. The second kappa shape index (κ2) is 2.88. The van der Waals surface area contributed by atoms with Gasteiger partial charge in [-0.15, -0.1) is 0 Å². The molecule has 0 saturated heterocycles. The molecule has 1 aromatic rings. The number of hydrogen-bond acceptors (Lipinski definition) is 2. The summed E-state index contributed by atoms with van der Waals surface area (Å²) < 4.78 is 0. The molecular weight excluding hydrogens is 152 g/mol. The lowest BCUT2D eigenvalue weighted by molar-refractivity contribution is -0.0805. The largest absolute Gasteiger partial charge is 0.368 e. The fourth-order valence-electron chi connectivity index (χ4n) is 1.80. The van der Waals surface area contributed by atoms with E-state index in [1.807, 2.05) is 12.1 Å². The molecule has 64 valence electrons. The van der Waals surface area contributed by atoms with Crippen molar-refractivity contribution >= 4 is 0 Å². The fraction of sp³-hybridized carbons (Fsp3) is 0.400. The molecule has 0 fully saturated rings. The van der Waals surface area contributed by atoms with E-state index in [9.17, 15) is 0 Å². The zero-order chi connectivity index (χ0) is 8.55. The van der Waals surface area contributed by atoms with Crippen molar-refractivity contribution in [2.24, 2.45) is 5.92 Å². The molecule has 2 rings (SSSR count). The molecule has 0 radical (unpaired) electrons. The highest BCUT2D eigenvalue weighted by Crippen LogP contribution is 2.27. The lowest BCUT2D eigenvalue weighted by atomic mass is 10.1. The molecule has 0 atom stereocenters. The van der Waals surface area contributed by atoms with E-state index in [4.69, 9.17) is 10.2 Å². The van der Waals surface area contributed by atoms with Gasteiger partial charge in [0.2, 0.25) is 0 Å². The Hall–Kier alpha value is -0.860. The number of aliphatic hydroxyl groups excluding tert-OH is 1. The van der Waals surface area contributed by atoms with E-state index in [0.29, 0.717) is 0 Å². The minimum Gasteiger partial charge on any atom is -0.368 e. The quantitative estimate of drug-likeness (QED) is 0.600. The lowest BCUT2D eigenvalue weighted by Crippen LogP contribution is -2.19. The number of aliphatic hydroxyl groups is 2. The van der Waals surface area contributed by atoms with E-state index in [1.165, 1.54) is 11.1 Å². The smallest absolute Gasteiger partial charge is 0.154 e. The zero-order valence-corrected chi connectivity index (χ0v) is 6.77. The van der Waals surface area contributed by atoms with Crippen LogP contribution in [0.25, 0.3) is 0 Å². The molecule has 0 aromatic heterocycles. The second-order valence-corrected chi connectivity index (χ2v) is 3.35. The average Bonchev–Trinajstić information content (AvgIpc) is 2.46. The number of hydrogen-bond donors (Lipinski definition) is 2. The van der Waals surface area contributed by atoms with Crippen LogP contribution in [0.15, 0.2) is 24.3 Å². The molecule has 1 aromatic carbocycles. The van der Waals surface area contributed by atoms with Gasteiger partial charge in [0.05, 0.1) is 0 Å². The second-order valence-electron chi connectivity index (χ2n) is 3.35. The monoisotopic (exact) mass is 164 g/mol. The normalized spacial score (nSPS) is 16.9. The van der Waals surface area contributed by atoms with Crippen LogP contribution in [-0.4, -0.2) is 16.5 Å². The van der Waals surface area contributed by atoms with Crippen LogP contribution in [0.5, 0.6) is 0 Å². The Kier molecular flexibility index (Phi) is 1.87. The Labute approximate surface area is 71.5 Å². The molecule has 0 amide bonds. The molecular formula is C10H12O2. The van der Waals surface area contributed by atoms with Crippen molar-refractivity contribution in [3.8, 4) is 0 Å². The van der Waals surface area contributed by atoms with Crippen molar-refractivity contribution in [3.05, 3.63) is 35.4 Å². The molecule has 2 N–H and O–H groups in total. The van der Waals surface area contributed by atoms with E-state index in [-0.39, 0.29) is 5.92 Å². The van der Waals surface area contributed by atoms with Crippen LogP contribution in [0.3, 0.4) is 0 Å². The van der Waals surface area contributed by atoms with Gasteiger partial charge in [0.15, 0.2) is 6.29 Å². The number of rotatable bonds is 1. The molecule has 1 aliphatic carbocycles. The van der Waals surface area contributed by atoms with Crippen molar-refractivity contribution in [1.29, 1.82) is 0 Å². The van der Waals surface area contributed by atoms with Crippen LogP contribution in [-0.2, 0) is 12.8 Å². The highest BCUT2D eigenvalue weighted by Gasteiger charge is 2.25. The molecule has 2 nitrogen and oxygen atoms in total. The third kappa shape index (κ3) is 1.24. The standard InChI is InChI=1S/C10H12O2/c11-10(12)9-5-7-3-1-2-4-8(7)6-9/h1-4,9-12H,5-6H2. The van der Waals surface area contributed by atoms with Gasteiger partial charge in [-0.3, -0.25) is 0 Å². The van der Waals surface area contributed by atoms with Crippen molar-refractivity contribution in [3.63, 3.8) is 0 Å². The molecule has 2 heteroatoms. The first kappa shape index (κ1) is 7.77. The summed E-state index contributed by atoms with van der Waals surface area (Å²) in [6, 6.07) is 8.09. The van der Waals surface area contributed by atoms with Crippen LogP contribution in [0, 0.1) is 5.92 Å². The first-order valence-electron chi connectivity index (χ1n) is 4.20. The minimum absolute atomic E-state index is 0.00222. The fourth-order valence-corrected chi connectivity index (χ4v) is 1.80. The molecule has 1 aliphatic rings. The average molecular weight is 164 g/mol. The Bertz CT molecular complexity index is 256. The van der Waals surface area contributed by atoms with E-state index in [1.54, 1.807) is 0 Å². The Morgan fingerprint density at radius 2 is 1.58 bits per heavy atom. The summed E-state index contributed by atoms with van der Waals surface area (Å²) in [6.45, 7) is 0. The molecule has 0 saturated carbocycles. The van der Waals surface area contributed by atoms with Gasteiger partial charge < -0.3 is 10.2 Å². The third-order valence-corrected chi connectivity index (χ3v) is 2.50. The van der Waals surface area contributed by atoms with Crippen LogP contribution in [0.1, 0.15) is 11.1 Å². The highest BCUT2D eigenvalue weighted by molar-refractivity contribution is 5.32. The van der Waals surface area contributed by atoms with E-state index >= 15 is 0 Å². The molecule has 0 spiro atoms. The molecule has 0 unspecified atom stereocenters. The van der Waals surface area contributed by atoms with Crippen molar-refractivity contribution < 1.29 is 10.2 Å². The highest BCUT2D eigenvalue weighted by atomic mass is 16.5. The van der Waals surface area contributed by atoms with Gasteiger partial charge in [-0.1, -0.05) is 24.3 Å². The maximum atomic E-state index is 8.98. The van der Waals surface area contributed by atoms with E-state index < -0.39 is 6.29 Å². The first-order valence-corrected chi connectivity index (χ1v) is 4.20. The number of benzene rings is 1. The van der Waals surface area contributed by atoms with Crippen LogP contribution >= 0.6 is 0 Å². The van der Waals surface area contributed by atoms with Gasteiger partial charge in [-0.05, 0) is 24.0 Å². The van der Waals surface area contributed by atoms with Gasteiger partial charge in [0, 0.05) is 5.92 Å². The zero-order valence-electron chi connectivity index (χ0n) is 6.77. The SMILES string of the molecule is OC(O)C1Cc2ccccc2C1. The van der Waals surface area contributed by atoms with Crippen LogP contribution < -0.4 is 0 Å². The van der Waals surface area contributed by atoms with Gasteiger partial charge in [0.25, 0.3) is 0 Å². The summed E-state index contributed by atoms with van der Waals surface area (Å²) in [5.41, 5.74) is 2.52. The maximum Gasteiger partial charge on any atom is 0.154 e. The van der Waals surface area contributed by atoms with Gasteiger partial charge in [-0.2, -0.15) is 0 Å². The Balaban J connectivity index is 2.22. The van der Waals surface area contributed by atoms with Gasteiger partial charge in [-0.25, -0.2) is 0 Å². The van der Waals surface area contributed by atoms with Crippen LogP contribution in [0.2, 0.25) is 0 Å². The van der Waals surface area contributed by atoms with Crippen molar-refractivity contribution in [2.45, 2.75) is 19.1 Å². The van der Waals surface area contributed by atoms with Gasteiger partial charge >= 0.3 is 0 Å². The molecule has 12 heavy (non-hydrogen) atoms. The topological polar surface area (TPSA) is 40.5 Å². The van der Waals surface area contributed by atoms with Crippen molar-refractivity contribution in [2.75, 3.05) is 0 Å². The molecule has 0 aliphatic heterocycles. The predicted molar refractivity (Wildman–Crippen MR) is 45.6 cm³/mol. The van der Waals surface area contributed by atoms with Crippen molar-refractivity contribution in [1.82, 2.24) is 0 Å². The first-order chi connectivity index (χ1) is 5.77.